The number of carbonyl (C=O) groups is 1. The minimum Gasteiger partial charge on any atom is -0.388 e. The first-order valence-corrected chi connectivity index (χ1v) is 7.09. The lowest BCUT2D eigenvalue weighted by molar-refractivity contribution is -0.133. The highest BCUT2D eigenvalue weighted by Gasteiger charge is 2.43. The zero-order chi connectivity index (χ0) is 13.2. The molecule has 0 aromatic carbocycles. The van der Waals surface area contributed by atoms with Gasteiger partial charge in [0.1, 0.15) is 0 Å². The van der Waals surface area contributed by atoms with E-state index in [2.05, 4.69) is 5.32 Å². The number of nitrogens with one attached hydrogen (secondary N) is 1. The van der Waals surface area contributed by atoms with Crippen LogP contribution in [0.1, 0.15) is 29.4 Å². The summed E-state index contributed by atoms with van der Waals surface area (Å²) in [7, 11) is 0. The van der Waals surface area contributed by atoms with Crippen LogP contribution in [0.25, 0.3) is 0 Å². The summed E-state index contributed by atoms with van der Waals surface area (Å²) < 4.78 is 5.96. The molecule has 1 saturated carbocycles. The third kappa shape index (κ3) is 3.23. The van der Waals surface area contributed by atoms with E-state index in [1.165, 1.54) is 11.3 Å². The fourth-order valence-corrected chi connectivity index (χ4v) is 3.01. The van der Waals surface area contributed by atoms with Crippen molar-refractivity contribution in [1.29, 1.82) is 0 Å². The lowest BCUT2D eigenvalue weighted by Crippen LogP contribution is -2.55. The standard InChI is InChI=1S/C12H16ClNO3S/c1-2-17-8-5-12(16,6-8)7-14-11(15)9-3-4-10(13)18-9/h3-4,8,16H,2,5-7H2,1H3,(H,14,15). The Labute approximate surface area is 115 Å². The molecule has 1 aliphatic rings. The normalized spacial score (nSPS) is 26.7. The van der Waals surface area contributed by atoms with Gasteiger partial charge in [0.15, 0.2) is 0 Å². The SMILES string of the molecule is CCOC1CC(O)(CNC(=O)c2ccc(Cl)s2)C1. The number of carbonyl (C=O) groups excluding carboxylic acids is 1. The van der Waals surface area contributed by atoms with Crippen LogP contribution in [0, 0.1) is 0 Å². The first-order chi connectivity index (χ1) is 8.52. The third-order valence-corrected chi connectivity index (χ3v) is 4.22. The molecule has 1 heterocycles. The van der Waals surface area contributed by atoms with E-state index < -0.39 is 5.60 Å². The zero-order valence-corrected chi connectivity index (χ0v) is 11.7. The van der Waals surface area contributed by atoms with Gasteiger partial charge >= 0.3 is 0 Å². The maximum Gasteiger partial charge on any atom is 0.261 e. The van der Waals surface area contributed by atoms with E-state index in [1.54, 1.807) is 12.1 Å². The molecule has 0 bridgehead atoms. The molecule has 4 nitrogen and oxygen atoms in total. The fraction of sp³-hybridized carbons (Fsp3) is 0.583. The molecule has 1 aromatic heterocycles. The molecule has 1 aromatic rings. The van der Waals surface area contributed by atoms with Gasteiger partial charge in [0.05, 0.1) is 20.9 Å². The van der Waals surface area contributed by atoms with Gasteiger partial charge in [-0.3, -0.25) is 4.79 Å². The van der Waals surface area contributed by atoms with Gasteiger partial charge in [0, 0.05) is 26.0 Å². The first-order valence-electron chi connectivity index (χ1n) is 5.90. The van der Waals surface area contributed by atoms with E-state index in [9.17, 15) is 9.90 Å². The molecule has 2 rings (SSSR count). The molecule has 0 atom stereocenters. The second-order valence-electron chi connectivity index (χ2n) is 4.50. The quantitative estimate of drug-likeness (QED) is 0.872. The first kappa shape index (κ1) is 13.8. The maximum atomic E-state index is 11.8. The summed E-state index contributed by atoms with van der Waals surface area (Å²) in [6.07, 6.45) is 1.27. The summed E-state index contributed by atoms with van der Waals surface area (Å²) in [5, 5.41) is 12.8. The van der Waals surface area contributed by atoms with Crippen molar-refractivity contribution in [2.75, 3.05) is 13.2 Å². The second-order valence-corrected chi connectivity index (χ2v) is 6.21. The molecule has 0 unspecified atom stereocenters. The van der Waals surface area contributed by atoms with Crippen LogP contribution in [-0.2, 0) is 4.74 Å². The van der Waals surface area contributed by atoms with Crippen molar-refractivity contribution in [3.63, 3.8) is 0 Å². The van der Waals surface area contributed by atoms with Gasteiger partial charge in [-0.05, 0) is 19.1 Å². The molecule has 0 aliphatic heterocycles. The average Bonchev–Trinajstić information content (AvgIpc) is 2.71. The predicted octanol–water partition coefficient (Wildman–Crippen LogP) is 2.06. The molecule has 0 radical (unpaired) electrons. The molecule has 0 spiro atoms. The van der Waals surface area contributed by atoms with Crippen molar-refractivity contribution in [3.8, 4) is 0 Å². The largest absolute Gasteiger partial charge is 0.388 e. The van der Waals surface area contributed by atoms with Gasteiger partial charge in [-0.25, -0.2) is 0 Å². The number of aliphatic hydroxyl groups is 1. The van der Waals surface area contributed by atoms with Gasteiger partial charge in [0.25, 0.3) is 5.91 Å². The number of hydrogen-bond acceptors (Lipinski definition) is 4. The predicted molar refractivity (Wildman–Crippen MR) is 71.3 cm³/mol. The third-order valence-electron chi connectivity index (χ3n) is 2.99. The van der Waals surface area contributed by atoms with E-state index >= 15 is 0 Å². The maximum absolute atomic E-state index is 11.8. The van der Waals surface area contributed by atoms with E-state index in [1.807, 2.05) is 6.92 Å². The Balaban J connectivity index is 1.77. The minimum absolute atomic E-state index is 0.119. The van der Waals surface area contributed by atoms with Gasteiger partial charge in [0.2, 0.25) is 0 Å². The van der Waals surface area contributed by atoms with Gasteiger partial charge in [-0.2, -0.15) is 0 Å². The number of halogens is 1. The van der Waals surface area contributed by atoms with Crippen LogP contribution in [-0.4, -0.2) is 35.9 Å². The summed E-state index contributed by atoms with van der Waals surface area (Å²) in [4.78, 5) is 12.3. The van der Waals surface area contributed by atoms with Crippen molar-refractivity contribution in [2.45, 2.75) is 31.5 Å². The summed E-state index contributed by atoms with van der Waals surface area (Å²) in [6.45, 7) is 2.84. The van der Waals surface area contributed by atoms with Crippen molar-refractivity contribution in [3.05, 3.63) is 21.3 Å². The van der Waals surface area contributed by atoms with E-state index in [0.717, 1.165) is 0 Å². The number of ether oxygens (including phenoxy) is 1. The van der Waals surface area contributed by atoms with Crippen LogP contribution in [0.5, 0.6) is 0 Å². The zero-order valence-electron chi connectivity index (χ0n) is 10.1. The lowest BCUT2D eigenvalue weighted by Gasteiger charge is -2.43. The van der Waals surface area contributed by atoms with Crippen molar-refractivity contribution < 1.29 is 14.6 Å². The number of hydrogen-bond donors (Lipinski definition) is 2. The topological polar surface area (TPSA) is 58.6 Å². The number of rotatable bonds is 5. The Morgan fingerprint density at radius 3 is 2.94 bits per heavy atom. The smallest absolute Gasteiger partial charge is 0.261 e. The molecule has 1 fully saturated rings. The molecule has 2 N–H and O–H groups in total. The molecule has 0 saturated heterocycles. The van der Waals surface area contributed by atoms with Crippen LogP contribution < -0.4 is 5.32 Å². The number of thiophene rings is 1. The van der Waals surface area contributed by atoms with Crippen LogP contribution in [0.2, 0.25) is 4.34 Å². The van der Waals surface area contributed by atoms with Crippen molar-refractivity contribution >= 4 is 28.8 Å². The monoisotopic (exact) mass is 289 g/mol. The second kappa shape index (κ2) is 5.57. The number of amides is 1. The van der Waals surface area contributed by atoms with Gasteiger partial charge in [-0.15, -0.1) is 11.3 Å². The Bertz CT molecular complexity index is 429. The Morgan fingerprint density at radius 1 is 1.67 bits per heavy atom. The average molecular weight is 290 g/mol. The summed E-state index contributed by atoms with van der Waals surface area (Å²) >= 11 is 6.99. The highest BCUT2D eigenvalue weighted by molar-refractivity contribution is 7.17. The summed E-state index contributed by atoms with van der Waals surface area (Å²) in [5.74, 6) is -0.194. The lowest BCUT2D eigenvalue weighted by atomic mass is 9.77. The van der Waals surface area contributed by atoms with Gasteiger partial charge in [-0.1, -0.05) is 11.6 Å². The van der Waals surface area contributed by atoms with E-state index in [0.29, 0.717) is 28.7 Å². The Morgan fingerprint density at radius 2 is 2.39 bits per heavy atom. The Hall–Kier alpha value is -0.620. The Kier molecular flexibility index (Phi) is 4.27. The summed E-state index contributed by atoms with van der Waals surface area (Å²) in [6, 6.07) is 3.36. The summed E-state index contributed by atoms with van der Waals surface area (Å²) in [5.41, 5.74) is -0.823. The van der Waals surface area contributed by atoms with Crippen molar-refractivity contribution in [2.24, 2.45) is 0 Å². The van der Waals surface area contributed by atoms with E-state index in [4.69, 9.17) is 16.3 Å². The molecule has 1 aliphatic carbocycles. The van der Waals surface area contributed by atoms with Crippen LogP contribution in [0.15, 0.2) is 12.1 Å². The van der Waals surface area contributed by atoms with E-state index in [-0.39, 0.29) is 18.6 Å². The molecule has 18 heavy (non-hydrogen) atoms. The molecular formula is C12H16ClNO3S. The highest BCUT2D eigenvalue weighted by atomic mass is 35.5. The minimum atomic E-state index is -0.823. The van der Waals surface area contributed by atoms with Crippen LogP contribution >= 0.6 is 22.9 Å². The molecule has 1 amide bonds. The van der Waals surface area contributed by atoms with Crippen LogP contribution in [0.4, 0.5) is 0 Å². The van der Waals surface area contributed by atoms with Gasteiger partial charge < -0.3 is 15.2 Å². The van der Waals surface area contributed by atoms with Crippen molar-refractivity contribution in [1.82, 2.24) is 5.32 Å². The molecule has 100 valence electrons. The van der Waals surface area contributed by atoms with Crippen LogP contribution in [0.3, 0.4) is 0 Å². The fourth-order valence-electron chi connectivity index (χ4n) is 2.05. The molecular weight excluding hydrogens is 274 g/mol. The molecule has 6 heteroatoms. The highest BCUT2D eigenvalue weighted by Crippen LogP contribution is 2.34.